The van der Waals surface area contributed by atoms with Gasteiger partial charge >= 0.3 is 0 Å². The Bertz CT molecular complexity index is 1360. The van der Waals surface area contributed by atoms with Gasteiger partial charge in [0.25, 0.3) is 6.43 Å². The van der Waals surface area contributed by atoms with Crippen molar-refractivity contribution in [3.8, 4) is 11.8 Å². The highest BCUT2D eigenvalue weighted by molar-refractivity contribution is 7.93. The molecule has 0 aliphatic carbocycles. The van der Waals surface area contributed by atoms with E-state index in [1.54, 1.807) is 30.4 Å². The van der Waals surface area contributed by atoms with Crippen LogP contribution in [0.1, 0.15) is 31.9 Å². The predicted molar refractivity (Wildman–Crippen MR) is 118 cm³/mol. The first-order valence-electron chi connectivity index (χ1n) is 9.29. The third-order valence-electron chi connectivity index (χ3n) is 5.69. The van der Waals surface area contributed by atoms with Crippen LogP contribution in [0.15, 0.2) is 36.4 Å². The molecule has 4 rings (SSSR count). The summed E-state index contributed by atoms with van der Waals surface area (Å²) in [6, 6.07) is 11.1. The van der Waals surface area contributed by atoms with E-state index in [1.165, 1.54) is 13.8 Å². The molecule has 1 aliphatic heterocycles. The summed E-state index contributed by atoms with van der Waals surface area (Å²) in [5.74, 6) is 4.20. The quantitative estimate of drug-likeness (QED) is 0.534. The molecular weight excluding hydrogens is 426 g/mol. The second-order valence-corrected chi connectivity index (χ2v) is 11.8. The molecule has 1 atom stereocenters. The van der Waals surface area contributed by atoms with Crippen molar-refractivity contribution < 1.29 is 17.2 Å². The van der Waals surface area contributed by atoms with Crippen molar-refractivity contribution in [1.82, 2.24) is 5.32 Å². The molecule has 30 heavy (non-hydrogen) atoms. The van der Waals surface area contributed by atoms with Crippen LogP contribution in [0.25, 0.3) is 20.2 Å². The van der Waals surface area contributed by atoms with E-state index in [4.69, 9.17) is 5.41 Å². The highest BCUT2D eigenvalue weighted by Gasteiger charge is 2.50. The Morgan fingerprint density at radius 2 is 1.73 bits per heavy atom. The first-order chi connectivity index (χ1) is 13.9. The lowest BCUT2D eigenvalue weighted by Gasteiger charge is -2.43. The van der Waals surface area contributed by atoms with Gasteiger partial charge in [-0.2, -0.15) is 8.78 Å². The summed E-state index contributed by atoms with van der Waals surface area (Å²) >= 11 is 1.57. The zero-order valence-corrected chi connectivity index (χ0v) is 18.3. The zero-order valence-electron chi connectivity index (χ0n) is 16.6. The lowest BCUT2D eigenvalue weighted by Crippen LogP contribution is -2.63. The number of sulfone groups is 1. The van der Waals surface area contributed by atoms with Crippen LogP contribution < -0.4 is 5.32 Å². The maximum atomic E-state index is 12.8. The monoisotopic (exact) mass is 446 g/mol. The number of hydrogen-bond donors (Lipinski definition) is 2. The molecule has 156 valence electrons. The molecule has 0 saturated carbocycles. The second kappa shape index (κ2) is 6.76. The number of amidine groups is 1. The first kappa shape index (κ1) is 20.8. The van der Waals surface area contributed by atoms with Crippen LogP contribution in [-0.2, 0) is 15.4 Å². The van der Waals surface area contributed by atoms with Gasteiger partial charge in [0, 0.05) is 25.7 Å². The highest BCUT2D eigenvalue weighted by atomic mass is 32.2. The molecule has 2 heterocycles. The Hall–Kier alpha value is -2.50. The van der Waals surface area contributed by atoms with Gasteiger partial charge in [-0.05, 0) is 62.6 Å². The van der Waals surface area contributed by atoms with Crippen molar-refractivity contribution in [2.24, 2.45) is 0 Å². The summed E-state index contributed by atoms with van der Waals surface area (Å²) in [5, 5.41) is 13.2. The van der Waals surface area contributed by atoms with Gasteiger partial charge in [-0.15, -0.1) is 11.3 Å². The molecule has 1 aromatic heterocycles. The van der Waals surface area contributed by atoms with Gasteiger partial charge < -0.3 is 5.32 Å². The number of hydrogen-bond acceptors (Lipinski definition) is 4. The van der Waals surface area contributed by atoms with Crippen molar-refractivity contribution in [2.45, 2.75) is 37.5 Å². The van der Waals surface area contributed by atoms with E-state index < -0.39 is 26.5 Å². The molecule has 0 radical (unpaired) electrons. The SMILES string of the molecule is CC1(C)C(=N)N[C@](C)(c2ccc3sc4ccc(C#CC(F)F)cc4c3c2)CS1(=O)=O. The van der Waals surface area contributed by atoms with E-state index in [9.17, 15) is 17.2 Å². The number of benzene rings is 2. The number of fused-ring (bicyclic) bond motifs is 3. The molecule has 0 amide bonds. The van der Waals surface area contributed by atoms with Gasteiger partial charge in [-0.25, -0.2) is 8.42 Å². The summed E-state index contributed by atoms with van der Waals surface area (Å²) in [5.41, 5.74) is 0.310. The Kier molecular flexibility index (Phi) is 4.68. The molecule has 1 saturated heterocycles. The van der Waals surface area contributed by atoms with E-state index >= 15 is 0 Å². The molecule has 8 heteroatoms. The van der Waals surface area contributed by atoms with Crippen molar-refractivity contribution in [2.75, 3.05) is 5.75 Å². The summed E-state index contributed by atoms with van der Waals surface area (Å²) in [7, 11) is -3.54. The molecule has 1 aliphatic rings. The van der Waals surface area contributed by atoms with Crippen LogP contribution in [-0.4, -0.2) is 31.2 Å². The number of nitrogens with one attached hydrogen (secondary N) is 2. The second-order valence-electron chi connectivity index (χ2n) is 8.20. The van der Waals surface area contributed by atoms with Gasteiger partial charge in [-0.1, -0.05) is 12.0 Å². The van der Waals surface area contributed by atoms with Crippen molar-refractivity contribution in [3.63, 3.8) is 0 Å². The van der Waals surface area contributed by atoms with Gasteiger partial charge in [0.05, 0.1) is 11.3 Å². The minimum Gasteiger partial charge on any atom is -0.362 e. The fourth-order valence-electron chi connectivity index (χ4n) is 3.67. The normalized spacial score (nSPS) is 22.7. The van der Waals surface area contributed by atoms with Gasteiger partial charge in [-0.3, -0.25) is 5.41 Å². The lowest BCUT2D eigenvalue weighted by atomic mass is 9.91. The van der Waals surface area contributed by atoms with Crippen LogP contribution in [0.2, 0.25) is 0 Å². The van der Waals surface area contributed by atoms with Crippen LogP contribution in [0.3, 0.4) is 0 Å². The van der Waals surface area contributed by atoms with E-state index in [-0.39, 0.29) is 11.6 Å². The van der Waals surface area contributed by atoms with Crippen LogP contribution in [0, 0.1) is 17.3 Å². The Morgan fingerprint density at radius 3 is 2.37 bits per heavy atom. The largest absolute Gasteiger partial charge is 0.362 e. The molecule has 1 fully saturated rings. The van der Waals surface area contributed by atoms with Crippen LogP contribution >= 0.6 is 11.3 Å². The van der Waals surface area contributed by atoms with Gasteiger partial charge in [0.1, 0.15) is 10.6 Å². The molecule has 2 aromatic carbocycles. The van der Waals surface area contributed by atoms with E-state index in [1.807, 2.05) is 30.2 Å². The van der Waals surface area contributed by atoms with Crippen LogP contribution in [0.5, 0.6) is 0 Å². The van der Waals surface area contributed by atoms with Gasteiger partial charge in [0.2, 0.25) is 0 Å². The summed E-state index contributed by atoms with van der Waals surface area (Å²) in [4.78, 5) is 0. The third kappa shape index (κ3) is 3.26. The molecule has 0 spiro atoms. The predicted octanol–water partition coefficient (Wildman–Crippen LogP) is 4.66. The highest BCUT2D eigenvalue weighted by Crippen LogP contribution is 2.39. The number of halogens is 2. The number of alkyl halides is 2. The van der Waals surface area contributed by atoms with Crippen LogP contribution in [0.4, 0.5) is 8.78 Å². The van der Waals surface area contributed by atoms with E-state index in [0.717, 1.165) is 25.7 Å². The summed E-state index contributed by atoms with van der Waals surface area (Å²) in [6.45, 7) is 4.85. The smallest absolute Gasteiger partial charge is 0.299 e. The average molecular weight is 447 g/mol. The molecule has 2 N–H and O–H groups in total. The Balaban J connectivity index is 1.85. The molecule has 0 bridgehead atoms. The maximum absolute atomic E-state index is 12.8. The molecule has 4 nitrogen and oxygen atoms in total. The number of rotatable bonds is 1. The van der Waals surface area contributed by atoms with Crippen molar-refractivity contribution in [3.05, 3.63) is 47.5 Å². The lowest BCUT2D eigenvalue weighted by molar-refractivity contribution is 0.215. The Morgan fingerprint density at radius 1 is 1.10 bits per heavy atom. The minimum absolute atomic E-state index is 0.0314. The summed E-state index contributed by atoms with van der Waals surface area (Å²) in [6.07, 6.45) is -2.69. The Labute approximate surface area is 177 Å². The zero-order chi connectivity index (χ0) is 21.9. The topological polar surface area (TPSA) is 70.0 Å². The third-order valence-corrected chi connectivity index (χ3v) is 9.56. The number of thiophene rings is 1. The minimum atomic E-state index is -3.54. The molecule has 0 unspecified atom stereocenters. The maximum Gasteiger partial charge on any atom is 0.299 e. The van der Waals surface area contributed by atoms with E-state index in [2.05, 4.69) is 11.2 Å². The fraction of sp³-hybridized carbons (Fsp3) is 0.318. The van der Waals surface area contributed by atoms with Crippen molar-refractivity contribution >= 4 is 47.2 Å². The van der Waals surface area contributed by atoms with E-state index in [0.29, 0.717) is 5.56 Å². The molecular formula is C22H20F2N2O2S2. The average Bonchev–Trinajstić information content (AvgIpc) is 3.01. The first-order valence-corrected chi connectivity index (χ1v) is 11.8. The van der Waals surface area contributed by atoms with Gasteiger partial charge in [0.15, 0.2) is 9.84 Å². The molecule has 3 aromatic rings. The standard InChI is InChI=1S/C22H20F2N2O2S2/c1-21(2)20(25)26-22(3,12-30(21,27)28)14-6-8-18-16(11-14)15-10-13(5-9-19(23)24)4-7-17(15)29-18/h4,6-8,10-11,19H,12H2,1-3H3,(H2,25,26)/t22-/m0/s1. The van der Waals surface area contributed by atoms with Crippen molar-refractivity contribution in [1.29, 1.82) is 5.41 Å². The fourth-order valence-corrected chi connectivity index (χ4v) is 6.46. The summed E-state index contributed by atoms with van der Waals surface area (Å²) < 4.78 is 51.3.